The summed E-state index contributed by atoms with van der Waals surface area (Å²) in [5.41, 5.74) is 1.96. The maximum absolute atomic E-state index is 14.8. The molecule has 6 rings (SSSR count). The standard InChI is InChI=1S/C33H34BrN3O3/c1-40-27-18-17-23-19-30-31(38)37(21-24-11-9-10-16-28(24)34)33(22-36(30)29(23)20-27,25-12-5-4-6-13-25)32(39)35-26-14-7-2-3-8-15-26/h4-6,9-13,16-20,26H,2-3,7-8,14-15,21-22H2,1H3,(H,35,39)/t33-/m1/s1. The number of amides is 2. The Morgan fingerprint density at radius 2 is 1.70 bits per heavy atom. The fraction of sp³-hybridized carbons (Fsp3) is 0.333. The summed E-state index contributed by atoms with van der Waals surface area (Å²) in [7, 11) is 1.64. The predicted octanol–water partition coefficient (Wildman–Crippen LogP) is 6.80. The lowest BCUT2D eigenvalue weighted by atomic mass is 9.83. The molecule has 0 radical (unpaired) electrons. The van der Waals surface area contributed by atoms with Gasteiger partial charge in [0, 0.05) is 28.5 Å². The second-order valence-electron chi connectivity index (χ2n) is 10.9. The van der Waals surface area contributed by atoms with Gasteiger partial charge in [-0.05, 0) is 48.2 Å². The van der Waals surface area contributed by atoms with Gasteiger partial charge in [-0.25, -0.2) is 0 Å². The summed E-state index contributed by atoms with van der Waals surface area (Å²) >= 11 is 3.68. The van der Waals surface area contributed by atoms with Gasteiger partial charge in [0.05, 0.1) is 19.2 Å². The first-order valence-electron chi connectivity index (χ1n) is 14.1. The number of fused-ring (bicyclic) bond motifs is 3. The van der Waals surface area contributed by atoms with Gasteiger partial charge in [0.15, 0.2) is 5.54 Å². The summed E-state index contributed by atoms with van der Waals surface area (Å²) in [6, 6.07) is 25.6. The van der Waals surface area contributed by atoms with Gasteiger partial charge in [-0.1, -0.05) is 90.1 Å². The molecule has 0 saturated heterocycles. The van der Waals surface area contributed by atoms with Crippen molar-refractivity contribution >= 4 is 38.6 Å². The van der Waals surface area contributed by atoms with Crippen LogP contribution in [0.1, 0.15) is 60.1 Å². The quantitative estimate of drug-likeness (QED) is 0.248. The van der Waals surface area contributed by atoms with Crippen molar-refractivity contribution < 1.29 is 14.3 Å². The summed E-state index contributed by atoms with van der Waals surface area (Å²) in [5, 5.41) is 4.37. The van der Waals surface area contributed by atoms with Gasteiger partial charge in [0.25, 0.3) is 11.8 Å². The lowest BCUT2D eigenvalue weighted by molar-refractivity contribution is -0.136. The van der Waals surface area contributed by atoms with E-state index >= 15 is 0 Å². The van der Waals surface area contributed by atoms with E-state index in [0.29, 0.717) is 18.0 Å². The SMILES string of the molecule is COc1ccc2cc3n(c2c1)C[C@](C(=O)NC1CCCCCC1)(c1ccccc1)N(Cc1ccccc1Br)C3=O. The molecule has 3 aromatic carbocycles. The third-order valence-corrected chi connectivity index (χ3v) is 9.30. The third kappa shape index (κ3) is 4.70. The Bertz CT molecular complexity index is 1540. The van der Waals surface area contributed by atoms with Crippen LogP contribution in [0.2, 0.25) is 0 Å². The Hall–Kier alpha value is -3.58. The number of nitrogens with zero attached hydrogens (tertiary/aromatic N) is 2. The second-order valence-corrected chi connectivity index (χ2v) is 11.8. The van der Waals surface area contributed by atoms with Gasteiger partial charge < -0.3 is 19.5 Å². The van der Waals surface area contributed by atoms with Crippen LogP contribution in [-0.2, 0) is 23.4 Å². The van der Waals surface area contributed by atoms with E-state index in [-0.39, 0.29) is 24.4 Å². The molecule has 0 bridgehead atoms. The summed E-state index contributed by atoms with van der Waals surface area (Å²) in [5.74, 6) is 0.420. The molecule has 2 aliphatic rings. The summed E-state index contributed by atoms with van der Waals surface area (Å²) in [6.07, 6.45) is 6.53. The molecule has 1 saturated carbocycles. The fourth-order valence-electron chi connectivity index (χ4n) is 6.35. The highest BCUT2D eigenvalue weighted by Gasteiger charge is 2.53. The van der Waals surface area contributed by atoms with Crippen LogP contribution in [0.5, 0.6) is 5.75 Å². The number of hydrogen-bond donors (Lipinski definition) is 1. The van der Waals surface area contributed by atoms with Crippen molar-refractivity contribution in [2.75, 3.05) is 7.11 Å². The van der Waals surface area contributed by atoms with Gasteiger partial charge in [-0.15, -0.1) is 0 Å². The first-order chi connectivity index (χ1) is 19.5. The van der Waals surface area contributed by atoms with Gasteiger partial charge in [-0.3, -0.25) is 9.59 Å². The van der Waals surface area contributed by atoms with E-state index in [1.807, 2.05) is 83.4 Å². The van der Waals surface area contributed by atoms with Crippen molar-refractivity contribution in [3.63, 3.8) is 0 Å². The molecule has 7 heteroatoms. The minimum Gasteiger partial charge on any atom is -0.497 e. The van der Waals surface area contributed by atoms with E-state index in [9.17, 15) is 9.59 Å². The molecule has 1 aliphatic carbocycles. The highest BCUT2D eigenvalue weighted by atomic mass is 79.9. The number of ether oxygens (including phenoxy) is 1. The van der Waals surface area contributed by atoms with Crippen molar-refractivity contribution in [3.05, 3.63) is 100 Å². The summed E-state index contributed by atoms with van der Waals surface area (Å²) in [6.45, 7) is 0.593. The smallest absolute Gasteiger partial charge is 0.272 e. The molecule has 4 aromatic rings. The number of halogens is 1. The topological polar surface area (TPSA) is 63.6 Å². The van der Waals surface area contributed by atoms with Crippen molar-refractivity contribution in [1.82, 2.24) is 14.8 Å². The highest BCUT2D eigenvalue weighted by Crippen LogP contribution is 2.41. The molecule has 1 N–H and O–H groups in total. The van der Waals surface area contributed by atoms with Crippen LogP contribution >= 0.6 is 15.9 Å². The van der Waals surface area contributed by atoms with Gasteiger partial charge >= 0.3 is 0 Å². The summed E-state index contributed by atoms with van der Waals surface area (Å²) < 4.78 is 8.44. The highest BCUT2D eigenvalue weighted by molar-refractivity contribution is 9.10. The molecule has 40 heavy (non-hydrogen) atoms. The number of hydrogen-bond acceptors (Lipinski definition) is 3. The van der Waals surface area contributed by atoms with E-state index in [1.54, 1.807) is 12.0 Å². The lowest BCUT2D eigenvalue weighted by Crippen LogP contribution is -2.64. The molecule has 2 amide bonds. The average molecular weight is 601 g/mol. The normalized spacial score (nSPS) is 19.8. The summed E-state index contributed by atoms with van der Waals surface area (Å²) in [4.78, 5) is 31.1. The fourth-order valence-corrected chi connectivity index (χ4v) is 6.76. The van der Waals surface area contributed by atoms with Crippen LogP contribution in [0.25, 0.3) is 10.9 Å². The molecule has 1 aliphatic heterocycles. The largest absolute Gasteiger partial charge is 0.497 e. The van der Waals surface area contributed by atoms with E-state index in [0.717, 1.165) is 52.2 Å². The average Bonchev–Trinajstić information content (AvgIpc) is 3.14. The predicted molar refractivity (Wildman–Crippen MR) is 160 cm³/mol. The molecule has 1 fully saturated rings. The monoisotopic (exact) mass is 599 g/mol. The van der Waals surface area contributed by atoms with Crippen molar-refractivity contribution in [3.8, 4) is 5.75 Å². The van der Waals surface area contributed by atoms with Crippen LogP contribution in [-0.4, -0.2) is 34.4 Å². The first-order valence-corrected chi connectivity index (χ1v) is 14.9. The molecular formula is C33H34BrN3O3. The molecule has 6 nitrogen and oxygen atoms in total. The van der Waals surface area contributed by atoms with Gasteiger partial charge in [0.1, 0.15) is 11.4 Å². The number of methoxy groups -OCH3 is 1. The number of carbonyl (C=O) groups is 2. The van der Waals surface area contributed by atoms with Gasteiger partial charge in [-0.2, -0.15) is 0 Å². The van der Waals surface area contributed by atoms with Crippen molar-refractivity contribution in [2.24, 2.45) is 0 Å². The molecule has 206 valence electrons. The van der Waals surface area contributed by atoms with Crippen molar-refractivity contribution in [2.45, 2.75) is 63.2 Å². The number of aromatic nitrogens is 1. The molecule has 0 unspecified atom stereocenters. The van der Waals surface area contributed by atoms with E-state index in [4.69, 9.17) is 4.74 Å². The van der Waals surface area contributed by atoms with Gasteiger partial charge in [0.2, 0.25) is 0 Å². The minimum absolute atomic E-state index is 0.0962. The Balaban J connectivity index is 1.55. The second kappa shape index (κ2) is 11.1. The molecule has 0 spiro atoms. The molecular weight excluding hydrogens is 566 g/mol. The van der Waals surface area contributed by atoms with Crippen LogP contribution in [0.3, 0.4) is 0 Å². The van der Waals surface area contributed by atoms with Crippen LogP contribution in [0, 0.1) is 0 Å². The maximum atomic E-state index is 14.8. The van der Waals surface area contributed by atoms with Crippen LogP contribution in [0.15, 0.2) is 83.3 Å². The maximum Gasteiger partial charge on any atom is 0.272 e. The van der Waals surface area contributed by atoms with E-state index in [2.05, 4.69) is 21.2 Å². The number of rotatable bonds is 6. The zero-order valence-electron chi connectivity index (χ0n) is 22.7. The molecule has 1 atom stereocenters. The van der Waals surface area contributed by atoms with E-state index < -0.39 is 5.54 Å². The minimum atomic E-state index is -1.25. The zero-order chi connectivity index (χ0) is 27.7. The van der Waals surface area contributed by atoms with Crippen molar-refractivity contribution in [1.29, 1.82) is 0 Å². The van der Waals surface area contributed by atoms with E-state index in [1.165, 1.54) is 12.8 Å². The Kier molecular flexibility index (Phi) is 7.41. The number of benzene rings is 3. The van der Waals surface area contributed by atoms with Crippen LogP contribution in [0.4, 0.5) is 0 Å². The Labute approximate surface area is 243 Å². The zero-order valence-corrected chi connectivity index (χ0v) is 24.3. The van der Waals surface area contributed by atoms with Crippen LogP contribution < -0.4 is 10.1 Å². The molecule has 2 heterocycles. The Morgan fingerprint density at radius 3 is 2.42 bits per heavy atom. The first kappa shape index (κ1) is 26.6. The third-order valence-electron chi connectivity index (χ3n) is 8.53. The number of carbonyl (C=O) groups excluding carboxylic acids is 2. The molecule has 1 aromatic heterocycles. The number of nitrogens with one attached hydrogen (secondary N) is 1. The lowest BCUT2D eigenvalue weighted by Gasteiger charge is -2.47. The Morgan fingerprint density at radius 1 is 0.975 bits per heavy atom.